The number of aromatic nitrogens is 2. The molecule has 1 heterocycles. The molecule has 1 aromatic carbocycles. The Morgan fingerprint density at radius 1 is 1.14 bits per heavy atom. The first kappa shape index (κ1) is 15.5. The summed E-state index contributed by atoms with van der Waals surface area (Å²) in [6, 6.07) is 7.81. The molecular weight excluding hydrogens is 266 g/mol. The maximum atomic E-state index is 5.72. The zero-order chi connectivity index (χ0) is 15.1. The van der Waals surface area contributed by atoms with Gasteiger partial charge in [0.2, 0.25) is 11.7 Å². The summed E-state index contributed by atoms with van der Waals surface area (Å²) in [5, 5.41) is 3.96. The van der Waals surface area contributed by atoms with Crippen molar-refractivity contribution in [3.05, 3.63) is 30.2 Å². The fourth-order valence-corrected chi connectivity index (χ4v) is 1.94. The minimum absolute atomic E-state index is 0.629. The first-order valence-corrected chi connectivity index (χ1v) is 7.39. The molecule has 114 valence electrons. The van der Waals surface area contributed by atoms with Crippen LogP contribution in [0, 0.1) is 0 Å². The molecule has 1 aromatic heterocycles. The van der Waals surface area contributed by atoms with E-state index in [1.165, 1.54) is 0 Å². The number of ether oxygens (including phenoxy) is 1. The fraction of sp³-hybridized carbons (Fsp3) is 0.500. The molecule has 0 saturated heterocycles. The highest BCUT2D eigenvalue weighted by molar-refractivity contribution is 5.55. The Balaban J connectivity index is 1.81. The molecule has 2 rings (SSSR count). The lowest BCUT2D eigenvalue weighted by atomic mass is 10.2. The lowest BCUT2D eigenvalue weighted by Gasteiger charge is -2.09. The SMILES string of the molecule is CCc1nc(-c2ccc(OCCCCN(C)C)cc2)no1. The average Bonchev–Trinajstić information content (AvgIpc) is 2.96. The van der Waals surface area contributed by atoms with E-state index in [1.54, 1.807) is 0 Å². The molecule has 2 aromatic rings. The van der Waals surface area contributed by atoms with Gasteiger partial charge < -0.3 is 14.2 Å². The first-order chi connectivity index (χ1) is 10.2. The van der Waals surface area contributed by atoms with Gasteiger partial charge in [0.1, 0.15) is 5.75 Å². The summed E-state index contributed by atoms with van der Waals surface area (Å²) < 4.78 is 10.8. The highest BCUT2D eigenvalue weighted by Crippen LogP contribution is 2.20. The maximum absolute atomic E-state index is 5.72. The second-order valence-corrected chi connectivity index (χ2v) is 5.25. The molecule has 0 spiro atoms. The zero-order valence-corrected chi connectivity index (χ0v) is 13.0. The summed E-state index contributed by atoms with van der Waals surface area (Å²) in [6.45, 7) is 3.83. The van der Waals surface area contributed by atoms with Crippen LogP contribution < -0.4 is 4.74 Å². The van der Waals surface area contributed by atoms with Crippen molar-refractivity contribution >= 4 is 0 Å². The van der Waals surface area contributed by atoms with Crippen molar-refractivity contribution in [1.29, 1.82) is 0 Å². The van der Waals surface area contributed by atoms with Gasteiger partial charge >= 0.3 is 0 Å². The van der Waals surface area contributed by atoms with Gasteiger partial charge in [-0.3, -0.25) is 0 Å². The first-order valence-electron chi connectivity index (χ1n) is 7.39. The normalized spacial score (nSPS) is 11.0. The van der Waals surface area contributed by atoms with Gasteiger partial charge in [0.05, 0.1) is 6.61 Å². The van der Waals surface area contributed by atoms with Gasteiger partial charge in [-0.15, -0.1) is 0 Å². The van der Waals surface area contributed by atoms with Crippen molar-refractivity contribution in [2.45, 2.75) is 26.2 Å². The number of aryl methyl sites for hydroxylation is 1. The van der Waals surface area contributed by atoms with Crippen LogP contribution in [0.3, 0.4) is 0 Å². The predicted molar refractivity (Wildman–Crippen MR) is 82.4 cm³/mol. The molecule has 0 fully saturated rings. The maximum Gasteiger partial charge on any atom is 0.226 e. The Bertz CT molecular complexity index is 535. The number of rotatable bonds is 8. The van der Waals surface area contributed by atoms with E-state index in [0.717, 1.165) is 43.7 Å². The van der Waals surface area contributed by atoms with E-state index in [1.807, 2.05) is 31.2 Å². The smallest absolute Gasteiger partial charge is 0.226 e. The zero-order valence-electron chi connectivity index (χ0n) is 13.0. The molecule has 0 aliphatic carbocycles. The summed E-state index contributed by atoms with van der Waals surface area (Å²) >= 11 is 0. The number of benzene rings is 1. The van der Waals surface area contributed by atoms with Crippen molar-refractivity contribution in [1.82, 2.24) is 15.0 Å². The molecule has 5 nitrogen and oxygen atoms in total. The molecule has 0 atom stereocenters. The van der Waals surface area contributed by atoms with Crippen molar-refractivity contribution in [2.24, 2.45) is 0 Å². The molecule has 0 radical (unpaired) electrons. The fourth-order valence-electron chi connectivity index (χ4n) is 1.94. The molecule has 0 saturated carbocycles. The molecule has 0 N–H and O–H groups in total. The third kappa shape index (κ3) is 4.86. The van der Waals surface area contributed by atoms with Crippen LogP contribution in [-0.4, -0.2) is 42.3 Å². The Morgan fingerprint density at radius 2 is 1.90 bits per heavy atom. The predicted octanol–water partition coefficient (Wildman–Crippen LogP) is 3.02. The van der Waals surface area contributed by atoms with Gasteiger partial charge in [0.15, 0.2) is 0 Å². The largest absolute Gasteiger partial charge is 0.494 e. The monoisotopic (exact) mass is 289 g/mol. The summed E-state index contributed by atoms with van der Waals surface area (Å²) in [6.07, 6.45) is 2.96. The van der Waals surface area contributed by atoms with Gasteiger partial charge in [-0.1, -0.05) is 12.1 Å². The van der Waals surface area contributed by atoms with Crippen LogP contribution in [0.1, 0.15) is 25.7 Å². The number of hydrogen-bond acceptors (Lipinski definition) is 5. The van der Waals surface area contributed by atoms with Gasteiger partial charge in [-0.2, -0.15) is 4.98 Å². The minimum atomic E-state index is 0.629. The minimum Gasteiger partial charge on any atom is -0.494 e. The Hall–Kier alpha value is -1.88. The van der Waals surface area contributed by atoms with Crippen molar-refractivity contribution in [3.63, 3.8) is 0 Å². The summed E-state index contributed by atoms with van der Waals surface area (Å²) in [5.41, 5.74) is 0.943. The quantitative estimate of drug-likeness (QED) is 0.699. The van der Waals surface area contributed by atoms with Crippen LogP contribution in [-0.2, 0) is 6.42 Å². The molecular formula is C16H23N3O2. The summed E-state index contributed by atoms with van der Waals surface area (Å²) in [5.74, 6) is 2.17. The highest BCUT2D eigenvalue weighted by atomic mass is 16.5. The van der Waals surface area contributed by atoms with E-state index in [4.69, 9.17) is 9.26 Å². The topological polar surface area (TPSA) is 51.4 Å². The van der Waals surface area contributed by atoms with Crippen LogP contribution in [0.4, 0.5) is 0 Å². The van der Waals surface area contributed by atoms with E-state index in [-0.39, 0.29) is 0 Å². The third-order valence-electron chi connectivity index (χ3n) is 3.15. The van der Waals surface area contributed by atoms with E-state index < -0.39 is 0 Å². The van der Waals surface area contributed by atoms with Gasteiger partial charge in [-0.05, 0) is 57.7 Å². The summed E-state index contributed by atoms with van der Waals surface area (Å²) in [4.78, 5) is 6.49. The van der Waals surface area contributed by atoms with Crippen LogP contribution in [0.2, 0.25) is 0 Å². The second-order valence-electron chi connectivity index (χ2n) is 5.25. The van der Waals surface area contributed by atoms with Crippen molar-refractivity contribution in [3.8, 4) is 17.1 Å². The molecule has 5 heteroatoms. The van der Waals surface area contributed by atoms with Crippen molar-refractivity contribution in [2.75, 3.05) is 27.2 Å². The van der Waals surface area contributed by atoms with E-state index in [0.29, 0.717) is 11.7 Å². The molecule has 0 bridgehead atoms. The van der Waals surface area contributed by atoms with Crippen LogP contribution in [0.15, 0.2) is 28.8 Å². The van der Waals surface area contributed by atoms with Gasteiger partial charge in [0.25, 0.3) is 0 Å². The van der Waals surface area contributed by atoms with Gasteiger partial charge in [0, 0.05) is 12.0 Å². The Labute approximate surface area is 125 Å². The Kier molecular flexibility index (Phi) is 5.75. The summed E-state index contributed by atoms with van der Waals surface area (Å²) in [7, 11) is 4.17. The standard InChI is InChI=1S/C16H23N3O2/c1-4-15-17-16(18-21-15)13-7-9-14(10-8-13)20-12-6-5-11-19(2)3/h7-10H,4-6,11-12H2,1-3H3. The van der Waals surface area contributed by atoms with E-state index >= 15 is 0 Å². The van der Waals surface area contributed by atoms with Crippen LogP contribution in [0.25, 0.3) is 11.4 Å². The van der Waals surface area contributed by atoms with Gasteiger partial charge in [-0.25, -0.2) is 0 Å². The lowest BCUT2D eigenvalue weighted by molar-refractivity contribution is 0.293. The molecule has 21 heavy (non-hydrogen) atoms. The number of hydrogen-bond donors (Lipinski definition) is 0. The molecule has 0 aliphatic rings. The third-order valence-corrected chi connectivity index (χ3v) is 3.15. The second kappa shape index (κ2) is 7.78. The Morgan fingerprint density at radius 3 is 2.52 bits per heavy atom. The molecule has 0 aliphatic heterocycles. The number of unbranched alkanes of at least 4 members (excludes halogenated alkanes) is 1. The van der Waals surface area contributed by atoms with Crippen LogP contribution in [0.5, 0.6) is 5.75 Å². The number of nitrogens with zero attached hydrogens (tertiary/aromatic N) is 3. The average molecular weight is 289 g/mol. The molecule has 0 unspecified atom stereocenters. The van der Waals surface area contributed by atoms with Crippen LogP contribution >= 0.6 is 0 Å². The van der Waals surface area contributed by atoms with E-state index in [9.17, 15) is 0 Å². The molecule has 0 amide bonds. The van der Waals surface area contributed by atoms with Crippen molar-refractivity contribution < 1.29 is 9.26 Å². The highest BCUT2D eigenvalue weighted by Gasteiger charge is 2.07. The van der Waals surface area contributed by atoms with E-state index in [2.05, 4.69) is 29.1 Å². The lowest BCUT2D eigenvalue weighted by Crippen LogP contribution is -2.13.